The number of thioether (sulfide) groups is 1. The van der Waals surface area contributed by atoms with Gasteiger partial charge < -0.3 is 5.73 Å². The van der Waals surface area contributed by atoms with Crippen molar-refractivity contribution in [1.29, 1.82) is 10.5 Å². The summed E-state index contributed by atoms with van der Waals surface area (Å²) in [6.45, 7) is 0. The number of imide groups is 1. The molecule has 40 heavy (non-hydrogen) atoms. The normalized spacial score (nSPS) is 16.8. The first-order chi connectivity index (χ1) is 19.2. The summed E-state index contributed by atoms with van der Waals surface area (Å²) >= 11 is 12.9. The van der Waals surface area contributed by atoms with E-state index in [1.54, 1.807) is 24.3 Å². The molecule has 198 valence electrons. The number of amides is 2. The Hall–Kier alpha value is -4.15. The minimum atomic E-state index is -0.818. The lowest BCUT2D eigenvalue weighted by Crippen LogP contribution is -2.31. The maximum Gasteiger partial charge on any atom is 0.247 e. The number of benzene rings is 2. The Labute approximate surface area is 244 Å². The summed E-state index contributed by atoms with van der Waals surface area (Å²) in [6.07, 6.45) is 4.60. The number of rotatable bonds is 7. The molecule has 1 saturated carbocycles. The van der Waals surface area contributed by atoms with Crippen molar-refractivity contribution in [2.24, 2.45) is 0 Å². The summed E-state index contributed by atoms with van der Waals surface area (Å²) in [5.74, 6) is -1.08. The van der Waals surface area contributed by atoms with Crippen LogP contribution in [0, 0.1) is 22.7 Å². The van der Waals surface area contributed by atoms with Gasteiger partial charge in [0.2, 0.25) is 11.8 Å². The molecule has 1 aliphatic carbocycles. The van der Waals surface area contributed by atoms with Crippen LogP contribution in [0.2, 0.25) is 10.0 Å². The summed E-state index contributed by atoms with van der Waals surface area (Å²) < 4.78 is 0. The molecular formula is C29H19Cl2N5O3S. The van der Waals surface area contributed by atoms with Crippen LogP contribution in [0.4, 0.5) is 11.5 Å². The predicted molar refractivity (Wildman–Crippen MR) is 153 cm³/mol. The van der Waals surface area contributed by atoms with Crippen molar-refractivity contribution in [1.82, 2.24) is 4.98 Å². The van der Waals surface area contributed by atoms with Gasteiger partial charge in [0, 0.05) is 12.0 Å². The van der Waals surface area contributed by atoms with Gasteiger partial charge in [-0.3, -0.25) is 14.4 Å². The van der Waals surface area contributed by atoms with Crippen molar-refractivity contribution in [3.8, 4) is 12.1 Å². The van der Waals surface area contributed by atoms with Gasteiger partial charge in [-0.25, -0.2) is 9.88 Å². The highest BCUT2D eigenvalue weighted by Gasteiger charge is 2.42. The van der Waals surface area contributed by atoms with Crippen LogP contribution in [0.15, 0.2) is 53.6 Å². The number of nitriles is 2. The van der Waals surface area contributed by atoms with Gasteiger partial charge in [-0.15, -0.1) is 0 Å². The minimum Gasteiger partial charge on any atom is -0.383 e. The second-order valence-electron chi connectivity index (χ2n) is 9.26. The van der Waals surface area contributed by atoms with Gasteiger partial charge in [0.25, 0.3) is 0 Å². The van der Waals surface area contributed by atoms with E-state index in [2.05, 4.69) is 11.1 Å². The fourth-order valence-electron chi connectivity index (χ4n) is 4.45. The third kappa shape index (κ3) is 5.32. The zero-order valence-electron chi connectivity index (χ0n) is 20.7. The molecule has 1 saturated heterocycles. The van der Waals surface area contributed by atoms with Crippen LogP contribution in [0.1, 0.15) is 57.8 Å². The molecule has 2 aromatic carbocycles. The van der Waals surface area contributed by atoms with E-state index < -0.39 is 17.1 Å². The molecule has 2 heterocycles. The van der Waals surface area contributed by atoms with Crippen LogP contribution in [0.25, 0.3) is 6.08 Å². The number of aromatic nitrogens is 1. The van der Waals surface area contributed by atoms with Gasteiger partial charge in [-0.2, -0.15) is 10.5 Å². The Kier molecular flexibility index (Phi) is 7.64. The number of pyridine rings is 1. The highest BCUT2D eigenvalue weighted by molar-refractivity contribution is 8.00. The number of nitrogens with two attached hydrogens (primary N) is 1. The molecule has 0 bridgehead atoms. The number of halogens is 2. The van der Waals surface area contributed by atoms with E-state index >= 15 is 0 Å². The fourth-order valence-corrected chi connectivity index (χ4v) is 5.88. The van der Waals surface area contributed by atoms with Crippen molar-refractivity contribution in [2.45, 2.75) is 35.5 Å². The van der Waals surface area contributed by atoms with Crippen molar-refractivity contribution in [3.05, 3.63) is 86.4 Å². The van der Waals surface area contributed by atoms with Crippen molar-refractivity contribution in [3.63, 3.8) is 0 Å². The molecule has 8 nitrogen and oxygen atoms in total. The van der Waals surface area contributed by atoms with Crippen molar-refractivity contribution >= 4 is 70.1 Å². The van der Waals surface area contributed by atoms with Crippen LogP contribution in [-0.4, -0.2) is 27.8 Å². The first-order valence-corrected chi connectivity index (χ1v) is 13.8. The molecule has 3 aromatic rings. The highest BCUT2D eigenvalue weighted by Crippen LogP contribution is 2.47. The van der Waals surface area contributed by atoms with Gasteiger partial charge in [0.1, 0.15) is 23.0 Å². The summed E-state index contributed by atoms with van der Waals surface area (Å²) in [6, 6.07) is 15.3. The molecule has 2 aliphatic rings. The van der Waals surface area contributed by atoms with Gasteiger partial charge in [-0.1, -0.05) is 47.1 Å². The zero-order chi connectivity index (χ0) is 28.6. The molecule has 1 aliphatic heterocycles. The average molecular weight is 588 g/mol. The summed E-state index contributed by atoms with van der Waals surface area (Å²) in [4.78, 5) is 44.1. The van der Waals surface area contributed by atoms with Gasteiger partial charge in [0.05, 0.1) is 32.1 Å². The van der Waals surface area contributed by atoms with E-state index in [1.165, 1.54) is 30.3 Å². The number of allylic oxidation sites excluding steroid dienone is 1. The third-order valence-electron chi connectivity index (χ3n) is 6.58. The molecule has 0 unspecified atom stereocenters. The largest absolute Gasteiger partial charge is 0.383 e. The van der Waals surface area contributed by atoms with Crippen LogP contribution in [-0.2, 0) is 9.59 Å². The Balaban J connectivity index is 1.33. The number of ketones is 1. The number of anilines is 2. The van der Waals surface area contributed by atoms with E-state index in [0.29, 0.717) is 32.4 Å². The Morgan fingerprint density at radius 2 is 1.75 bits per heavy atom. The molecule has 0 radical (unpaired) electrons. The van der Waals surface area contributed by atoms with Gasteiger partial charge in [0.15, 0.2) is 5.78 Å². The van der Waals surface area contributed by atoms with Crippen LogP contribution in [0.3, 0.4) is 0 Å². The van der Waals surface area contributed by atoms with E-state index in [-0.39, 0.29) is 40.1 Å². The SMILES string of the molecule is N#Cc1c(N)nc(S[C@@H]2CC(=O)N(c3ccc(C(=O)/C=C/c4ccc(Cl)c(Cl)c4)cc3)C2=O)c(C#N)c1C1CC1. The lowest BCUT2D eigenvalue weighted by Gasteiger charge is -2.16. The molecule has 1 aromatic heterocycles. The Bertz CT molecular complexity index is 1690. The smallest absolute Gasteiger partial charge is 0.247 e. The van der Waals surface area contributed by atoms with Crippen LogP contribution >= 0.6 is 35.0 Å². The summed E-state index contributed by atoms with van der Waals surface area (Å²) in [5.41, 5.74) is 8.42. The lowest BCUT2D eigenvalue weighted by atomic mass is 10.0. The number of hydrogen-bond donors (Lipinski definition) is 1. The first kappa shape index (κ1) is 27.4. The number of carbonyl (C=O) groups excluding carboxylic acids is 3. The number of nitrogens with zero attached hydrogens (tertiary/aromatic N) is 4. The monoisotopic (exact) mass is 587 g/mol. The number of hydrogen-bond acceptors (Lipinski definition) is 8. The number of carbonyl (C=O) groups is 3. The van der Waals surface area contributed by atoms with Gasteiger partial charge >= 0.3 is 0 Å². The third-order valence-corrected chi connectivity index (χ3v) is 8.49. The second kappa shape index (κ2) is 11.1. The molecule has 5 rings (SSSR count). The quantitative estimate of drug-likeness (QED) is 0.204. The fraction of sp³-hybridized carbons (Fsp3) is 0.172. The van der Waals surface area contributed by atoms with E-state index in [1.807, 2.05) is 6.07 Å². The van der Waals surface area contributed by atoms with E-state index in [9.17, 15) is 24.9 Å². The summed E-state index contributed by atoms with van der Waals surface area (Å²) in [5, 5.41) is 19.6. The van der Waals surface area contributed by atoms with Crippen molar-refractivity contribution in [2.75, 3.05) is 10.6 Å². The zero-order valence-corrected chi connectivity index (χ0v) is 23.1. The van der Waals surface area contributed by atoms with Crippen molar-refractivity contribution < 1.29 is 14.4 Å². The standard InChI is InChI=1S/C29H19Cl2N5O3S/c30-21-9-1-15(11-22(21)31)2-10-23(37)16-5-7-18(8-6-16)36-25(38)12-24(29(36)39)40-28-20(14-33)26(17-3-4-17)19(13-32)27(34)35-28/h1-2,5-11,17,24H,3-4,12H2,(H2,34,35)/b10-2+/t24-/m1/s1. The maximum absolute atomic E-state index is 13.3. The van der Waals surface area contributed by atoms with E-state index in [0.717, 1.165) is 29.5 Å². The molecule has 0 spiro atoms. The van der Waals surface area contributed by atoms with Crippen LogP contribution in [0.5, 0.6) is 0 Å². The summed E-state index contributed by atoms with van der Waals surface area (Å²) in [7, 11) is 0. The van der Waals surface area contributed by atoms with Gasteiger partial charge in [-0.05, 0) is 72.4 Å². The second-order valence-corrected chi connectivity index (χ2v) is 11.3. The van der Waals surface area contributed by atoms with E-state index in [4.69, 9.17) is 28.9 Å². The number of nitrogen functional groups attached to an aromatic ring is 1. The Morgan fingerprint density at radius 3 is 2.38 bits per heavy atom. The highest BCUT2D eigenvalue weighted by atomic mass is 35.5. The lowest BCUT2D eigenvalue weighted by molar-refractivity contribution is -0.121. The molecule has 1 atom stereocenters. The predicted octanol–water partition coefficient (Wildman–Crippen LogP) is 5.91. The topological polar surface area (TPSA) is 141 Å². The first-order valence-electron chi connectivity index (χ1n) is 12.2. The Morgan fingerprint density at radius 1 is 1.05 bits per heavy atom. The minimum absolute atomic E-state index is 0.00740. The average Bonchev–Trinajstić information content (AvgIpc) is 3.74. The molecule has 11 heteroatoms. The molecule has 2 fully saturated rings. The molecular weight excluding hydrogens is 569 g/mol. The molecule has 2 amide bonds. The van der Waals surface area contributed by atoms with Crippen LogP contribution < -0.4 is 10.6 Å². The maximum atomic E-state index is 13.3. The molecule has 2 N–H and O–H groups in total.